The van der Waals surface area contributed by atoms with Gasteiger partial charge < -0.3 is 5.32 Å². The minimum atomic E-state index is -0.0984. The first-order valence-electron chi connectivity index (χ1n) is 8.69. The van der Waals surface area contributed by atoms with Crippen molar-refractivity contribution in [2.75, 3.05) is 13.1 Å². The van der Waals surface area contributed by atoms with Crippen molar-refractivity contribution in [3.05, 3.63) is 65.0 Å². The number of likely N-dealkylation sites (tertiary alicyclic amines) is 1. The molecule has 124 valence electrons. The predicted molar refractivity (Wildman–Crippen MR) is 93.8 cm³/mol. The van der Waals surface area contributed by atoms with E-state index in [-0.39, 0.29) is 11.4 Å². The molecule has 0 saturated carbocycles. The molecular weight excluding hydrogens is 298 g/mol. The first-order valence-corrected chi connectivity index (χ1v) is 8.69. The maximum Gasteiger partial charge on any atom is 0.252 e. The number of carbonyl (C=O) groups is 1. The number of hydrogen-bond acceptors (Lipinski definition) is 3. The van der Waals surface area contributed by atoms with E-state index in [1.54, 1.807) is 0 Å². The first kappa shape index (κ1) is 15.3. The van der Waals surface area contributed by atoms with Crippen LogP contribution in [0.15, 0.2) is 42.6 Å². The summed E-state index contributed by atoms with van der Waals surface area (Å²) in [6, 6.07) is 12.1. The molecule has 0 aliphatic carbocycles. The number of hydrogen-bond donors (Lipinski definition) is 1. The molecule has 1 N–H and O–H groups in total. The van der Waals surface area contributed by atoms with Crippen LogP contribution in [0.2, 0.25) is 0 Å². The molecule has 1 aromatic heterocycles. The third-order valence-electron chi connectivity index (χ3n) is 5.44. The molecule has 3 heterocycles. The van der Waals surface area contributed by atoms with E-state index in [1.807, 2.05) is 30.5 Å². The molecule has 4 nitrogen and oxygen atoms in total. The zero-order chi connectivity index (χ0) is 16.6. The zero-order valence-corrected chi connectivity index (χ0v) is 14.1. The number of benzene rings is 1. The maximum atomic E-state index is 12.6. The summed E-state index contributed by atoms with van der Waals surface area (Å²) in [5, 5.41) is 3.34. The van der Waals surface area contributed by atoms with Crippen molar-refractivity contribution in [3.8, 4) is 0 Å². The Morgan fingerprint density at radius 1 is 1.21 bits per heavy atom. The smallest absolute Gasteiger partial charge is 0.252 e. The number of aromatic nitrogens is 1. The van der Waals surface area contributed by atoms with Crippen molar-refractivity contribution in [3.63, 3.8) is 0 Å². The summed E-state index contributed by atoms with van der Waals surface area (Å²) in [6.07, 6.45) is 4.84. The number of rotatable bonds is 2. The highest BCUT2D eigenvalue weighted by Crippen LogP contribution is 2.31. The van der Waals surface area contributed by atoms with Gasteiger partial charge in [-0.15, -0.1) is 0 Å². The summed E-state index contributed by atoms with van der Waals surface area (Å²) in [6.45, 7) is 4.88. The van der Waals surface area contributed by atoms with E-state index in [1.165, 1.54) is 11.1 Å². The Labute approximate surface area is 142 Å². The Kier molecular flexibility index (Phi) is 3.85. The van der Waals surface area contributed by atoms with Crippen molar-refractivity contribution >= 4 is 5.91 Å². The third kappa shape index (κ3) is 2.82. The fourth-order valence-corrected chi connectivity index (χ4v) is 4.00. The van der Waals surface area contributed by atoms with Gasteiger partial charge in [0.2, 0.25) is 0 Å². The number of amides is 1. The number of carbonyl (C=O) groups excluding carboxylic acids is 1. The number of nitrogens with zero attached hydrogens (tertiary/aromatic N) is 2. The molecule has 1 spiro atoms. The topological polar surface area (TPSA) is 45.2 Å². The Morgan fingerprint density at radius 3 is 2.96 bits per heavy atom. The molecule has 0 bridgehead atoms. The molecule has 1 saturated heterocycles. The fraction of sp³-hybridized carbons (Fsp3) is 0.400. The van der Waals surface area contributed by atoms with Crippen LogP contribution in [0.5, 0.6) is 0 Å². The van der Waals surface area contributed by atoms with Gasteiger partial charge in [0.1, 0.15) is 0 Å². The predicted octanol–water partition coefficient (Wildman–Crippen LogP) is 2.71. The van der Waals surface area contributed by atoms with Gasteiger partial charge in [0.05, 0.1) is 11.2 Å². The summed E-state index contributed by atoms with van der Waals surface area (Å²) in [5.41, 5.74) is 4.28. The molecule has 2 aliphatic rings. The zero-order valence-electron chi connectivity index (χ0n) is 14.1. The van der Waals surface area contributed by atoms with Crippen molar-refractivity contribution in [2.24, 2.45) is 0 Å². The van der Waals surface area contributed by atoms with Gasteiger partial charge in [0.15, 0.2) is 0 Å². The van der Waals surface area contributed by atoms with Gasteiger partial charge in [0, 0.05) is 31.4 Å². The van der Waals surface area contributed by atoms with Crippen LogP contribution >= 0.6 is 0 Å². The van der Waals surface area contributed by atoms with Crippen LogP contribution in [0.4, 0.5) is 0 Å². The summed E-state index contributed by atoms with van der Waals surface area (Å²) >= 11 is 0. The van der Waals surface area contributed by atoms with Crippen LogP contribution in [0, 0.1) is 6.92 Å². The van der Waals surface area contributed by atoms with Gasteiger partial charge in [-0.25, -0.2) is 0 Å². The van der Waals surface area contributed by atoms with Gasteiger partial charge in [-0.3, -0.25) is 14.7 Å². The van der Waals surface area contributed by atoms with E-state index >= 15 is 0 Å². The van der Waals surface area contributed by atoms with Crippen molar-refractivity contribution < 1.29 is 4.79 Å². The number of aryl methyl sites for hydroxylation is 2. The number of fused-ring (bicyclic) bond motifs is 1. The van der Waals surface area contributed by atoms with E-state index in [0.29, 0.717) is 0 Å². The van der Waals surface area contributed by atoms with Crippen LogP contribution in [0.3, 0.4) is 0 Å². The van der Waals surface area contributed by atoms with E-state index in [4.69, 9.17) is 0 Å². The summed E-state index contributed by atoms with van der Waals surface area (Å²) in [4.78, 5) is 19.6. The molecular formula is C20H23N3O. The SMILES string of the molecule is Cc1cccnc1CN1CC[C@]2(CCc3ccccc3C(=O)N2)C1. The molecule has 4 heteroatoms. The Bertz CT molecular complexity index is 773. The second-order valence-corrected chi connectivity index (χ2v) is 7.12. The van der Waals surface area contributed by atoms with Crippen molar-refractivity contribution in [2.45, 2.75) is 38.3 Å². The molecule has 1 aromatic carbocycles. The van der Waals surface area contributed by atoms with E-state index < -0.39 is 0 Å². The first-order chi connectivity index (χ1) is 11.7. The molecule has 1 amide bonds. The Balaban J connectivity index is 1.50. The Morgan fingerprint density at radius 2 is 2.08 bits per heavy atom. The quantitative estimate of drug-likeness (QED) is 0.925. The van der Waals surface area contributed by atoms with Crippen LogP contribution in [0.25, 0.3) is 0 Å². The maximum absolute atomic E-state index is 12.6. The molecule has 1 atom stereocenters. The van der Waals surface area contributed by atoms with Crippen LogP contribution < -0.4 is 5.32 Å². The number of nitrogens with one attached hydrogen (secondary N) is 1. The minimum Gasteiger partial charge on any atom is -0.345 e. The monoisotopic (exact) mass is 321 g/mol. The normalized spacial score (nSPS) is 23.8. The average molecular weight is 321 g/mol. The Hall–Kier alpha value is -2.20. The van der Waals surface area contributed by atoms with Gasteiger partial charge in [-0.2, -0.15) is 0 Å². The third-order valence-corrected chi connectivity index (χ3v) is 5.44. The molecule has 2 aromatic rings. The highest BCUT2D eigenvalue weighted by Gasteiger charge is 2.41. The molecule has 4 rings (SSSR count). The van der Waals surface area contributed by atoms with Crippen LogP contribution in [0.1, 0.15) is 40.0 Å². The largest absolute Gasteiger partial charge is 0.345 e. The van der Waals surface area contributed by atoms with E-state index in [9.17, 15) is 4.79 Å². The molecule has 0 unspecified atom stereocenters. The van der Waals surface area contributed by atoms with Gasteiger partial charge in [-0.05, 0) is 49.4 Å². The highest BCUT2D eigenvalue weighted by atomic mass is 16.1. The second kappa shape index (κ2) is 6.02. The average Bonchev–Trinajstić information content (AvgIpc) is 2.91. The second-order valence-electron chi connectivity index (χ2n) is 7.12. The molecule has 1 fully saturated rings. The lowest BCUT2D eigenvalue weighted by atomic mass is 9.91. The van der Waals surface area contributed by atoms with Gasteiger partial charge in [-0.1, -0.05) is 24.3 Å². The van der Waals surface area contributed by atoms with E-state index in [0.717, 1.165) is 50.2 Å². The summed E-state index contributed by atoms with van der Waals surface area (Å²) < 4.78 is 0. The minimum absolute atomic E-state index is 0.0824. The van der Waals surface area contributed by atoms with E-state index in [2.05, 4.69) is 34.3 Å². The summed E-state index contributed by atoms with van der Waals surface area (Å²) in [5.74, 6) is 0.0824. The molecule has 24 heavy (non-hydrogen) atoms. The van der Waals surface area contributed by atoms with Crippen molar-refractivity contribution in [1.82, 2.24) is 15.2 Å². The lowest BCUT2D eigenvalue weighted by Crippen LogP contribution is -2.49. The number of pyridine rings is 1. The standard InChI is InChI=1S/C20H23N3O/c1-15-5-4-11-21-18(15)13-23-12-10-20(14-23)9-8-16-6-2-3-7-17(16)19(24)22-20/h2-7,11H,8-10,12-14H2,1H3,(H,22,24)/t20-/m1/s1. The molecule has 2 aliphatic heterocycles. The lowest BCUT2D eigenvalue weighted by Gasteiger charge is -2.29. The lowest BCUT2D eigenvalue weighted by molar-refractivity contribution is 0.0902. The van der Waals surface area contributed by atoms with Crippen LogP contribution in [-0.4, -0.2) is 34.4 Å². The molecule has 0 radical (unpaired) electrons. The van der Waals surface area contributed by atoms with Crippen molar-refractivity contribution in [1.29, 1.82) is 0 Å². The van der Waals surface area contributed by atoms with Gasteiger partial charge in [0.25, 0.3) is 5.91 Å². The highest BCUT2D eigenvalue weighted by molar-refractivity contribution is 5.96. The summed E-state index contributed by atoms with van der Waals surface area (Å²) in [7, 11) is 0. The fourth-order valence-electron chi connectivity index (χ4n) is 4.00. The van der Waals surface area contributed by atoms with Crippen LogP contribution in [-0.2, 0) is 13.0 Å². The van der Waals surface area contributed by atoms with Gasteiger partial charge >= 0.3 is 0 Å².